The van der Waals surface area contributed by atoms with Gasteiger partial charge in [-0.25, -0.2) is 9.97 Å². The van der Waals surface area contributed by atoms with Gasteiger partial charge in [0.25, 0.3) is 0 Å². The lowest BCUT2D eigenvalue weighted by Gasteiger charge is -2.11. The van der Waals surface area contributed by atoms with Crippen molar-refractivity contribution in [2.75, 3.05) is 5.32 Å². The van der Waals surface area contributed by atoms with Crippen molar-refractivity contribution in [1.82, 2.24) is 20.1 Å². The number of anilines is 1. The first kappa shape index (κ1) is 17.2. The zero-order chi connectivity index (χ0) is 17.0. The molecule has 0 aliphatic rings. The summed E-state index contributed by atoms with van der Waals surface area (Å²) in [6.45, 7) is 5.67. The fourth-order valence-electron chi connectivity index (χ4n) is 1.79. The molecule has 2 rings (SSSR count). The third kappa shape index (κ3) is 5.19. The smallest absolute Gasteiger partial charge is 0.343 e. The largest absolute Gasteiger partial charge is 0.389 e. The van der Waals surface area contributed by atoms with Gasteiger partial charge in [0.2, 0.25) is 11.8 Å². The Morgan fingerprint density at radius 1 is 1.22 bits per heavy atom. The van der Waals surface area contributed by atoms with E-state index in [-0.39, 0.29) is 24.3 Å². The number of nitrogens with zero attached hydrogens (tertiary/aromatic N) is 4. The van der Waals surface area contributed by atoms with Crippen LogP contribution >= 0.6 is 0 Å². The predicted molar refractivity (Wildman–Crippen MR) is 76.8 cm³/mol. The molecule has 0 aliphatic heterocycles. The van der Waals surface area contributed by atoms with E-state index in [1.165, 1.54) is 12.3 Å². The average molecular weight is 329 g/mol. The number of aryl methyl sites for hydroxylation is 1. The molecule has 1 N–H and O–H groups in total. The summed E-state index contributed by atoms with van der Waals surface area (Å²) < 4.78 is 41.9. The lowest BCUT2D eigenvalue weighted by molar-refractivity contribution is -0.134. The van der Waals surface area contributed by atoms with Gasteiger partial charge in [0.15, 0.2) is 5.82 Å². The molecule has 2 aromatic heterocycles. The molecule has 0 amide bonds. The summed E-state index contributed by atoms with van der Waals surface area (Å²) in [5.74, 6) is 1.33. The minimum atomic E-state index is -4.21. The Balaban J connectivity index is 2.01. The van der Waals surface area contributed by atoms with Crippen LogP contribution in [0.15, 0.2) is 16.8 Å². The van der Waals surface area contributed by atoms with Crippen LogP contribution in [0, 0.1) is 0 Å². The summed E-state index contributed by atoms with van der Waals surface area (Å²) in [4.78, 5) is 12.3. The zero-order valence-electron chi connectivity index (χ0n) is 13.1. The van der Waals surface area contributed by atoms with E-state index in [1.807, 2.05) is 13.8 Å². The van der Waals surface area contributed by atoms with Crippen LogP contribution in [0.4, 0.5) is 19.1 Å². The first-order valence-corrected chi connectivity index (χ1v) is 7.23. The summed E-state index contributed by atoms with van der Waals surface area (Å²) in [6, 6.07) is 1.11. The first-order chi connectivity index (χ1) is 10.7. The summed E-state index contributed by atoms with van der Waals surface area (Å²) in [5.41, 5.74) is 0.320. The minimum Gasteiger partial charge on any atom is -0.343 e. The van der Waals surface area contributed by atoms with Gasteiger partial charge in [-0.05, 0) is 19.4 Å². The molecule has 2 aromatic rings. The highest BCUT2D eigenvalue weighted by Gasteiger charge is 2.26. The molecule has 0 fully saturated rings. The highest BCUT2D eigenvalue weighted by atomic mass is 19.4. The first-order valence-electron chi connectivity index (χ1n) is 7.23. The van der Waals surface area contributed by atoms with Crippen molar-refractivity contribution in [3.8, 4) is 0 Å². The molecule has 0 unspecified atom stereocenters. The molecule has 126 valence electrons. The number of aromatic nitrogens is 4. The van der Waals surface area contributed by atoms with E-state index in [9.17, 15) is 13.2 Å². The Morgan fingerprint density at radius 3 is 2.57 bits per heavy atom. The lowest BCUT2D eigenvalue weighted by Crippen LogP contribution is -2.12. The van der Waals surface area contributed by atoms with E-state index in [0.29, 0.717) is 17.4 Å². The Labute approximate surface area is 131 Å². The molecule has 0 spiro atoms. The van der Waals surface area contributed by atoms with Crippen molar-refractivity contribution in [2.45, 2.75) is 51.7 Å². The molecular formula is C14H18F3N5O. The van der Waals surface area contributed by atoms with E-state index in [1.54, 1.807) is 6.92 Å². The fourth-order valence-corrected chi connectivity index (χ4v) is 1.79. The third-order valence-corrected chi connectivity index (χ3v) is 3.07. The number of hydrogen-bond donors (Lipinski definition) is 1. The van der Waals surface area contributed by atoms with Crippen molar-refractivity contribution in [1.29, 1.82) is 0 Å². The second kappa shape index (κ2) is 6.93. The standard InChI is InChI=1S/C14H18F3N5O/c1-8(2)11-21-12(23-22-11)9(3)19-13-18-7-5-10(20-13)4-6-14(15,16)17/h5,7-9H,4,6H2,1-3H3,(H,18,19,20)/t9-/m0/s1. The summed E-state index contributed by atoms with van der Waals surface area (Å²) >= 11 is 0. The van der Waals surface area contributed by atoms with E-state index in [2.05, 4.69) is 25.4 Å². The van der Waals surface area contributed by atoms with E-state index in [0.717, 1.165) is 0 Å². The van der Waals surface area contributed by atoms with Crippen molar-refractivity contribution < 1.29 is 17.7 Å². The fraction of sp³-hybridized carbons (Fsp3) is 0.571. The number of rotatable bonds is 6. The van der Waals surface area contributed by atoms with Crippen LogP contribution in [0.3, 0.4) is 0 Å². The number of alkyl halides is 3. The van der Waals surface area contributed by atoms with Gasteiger partial charge in [0.05, 0.1) is 0 Å². The maximum Gasteiger partial charge on any atom is 0.389 e. The highest BCUT2D eigenvalue weighted by molar-refractivity contribution is 5.27. The molecule has 0 aromatic carbocycles. The average Bonchev–Trinajstić information content (AvgIpc) is 2.95. The number of halogens is 3. The molecule has 1 atom stereocenters. The van der Waals surface area contributed by atoms with Crippen LogP contribution in [0.5, 0.6) is 0 Å². The molecule has 0 aliphatic carbocycles. The molecule has 0 bridgehead atoms. The Kier molecular flexibility index (Phi) is 5.17. The quantitative estimate of drug-likeness (QED) is 0.872. The van der Waals surface area contributed by atoms with Gasteiger partial charge >= 0.3 is 6.18 Å². The van der Waals surface area contributed by atoms with Crippen molar-refractivity contribution in [3.05, 3.63) is 29.7 Å². The Bertz CT molecular complexity index is 641. The number of nitrogens with one attached hydrogen (secondary N) is 1. The van der Waals surface area contributed by atoms with Gasteiger partial charge in [-0.2, -0.15) is 18.2 Å². The normalized spacial score (nSPS) is 13.3. The second-order valence-electron chi connectivity index (χ2n) is 5.50. The maximum absolute atomic E-state index is 12.3. The molecule has 23 heavy (non-hydrogen) atoms. The van der Waals surface area contributed by atoms with Crippen LogP contribution in [0.1, 0.15) is 56.6 Å². The van der Waals surface area contributed by atoms with Gasteiger partial charge in [-0.3, -0.25) is 0 Å². The van der Waals surface area contributed by atoms with Gasteiger partial charge in [0.1, 0.15) is 6.04 Å². The van der Waals surface area contributed by atoms with Crippen LogP contribution in [-0.2, 0) is 6.42 Å². The van der Waals surface area contributed by atoms with Crippen molar-refractivity contribution in [2.24, 2.45) is 0 Å². The lowest BCUT2D eigenvalue weighted by atomic mass is 10.2. The number of hydrogen-bond acceptors (Lipinski definition) is 6. The Morgan fingerprint density at radius 2 is 1.96 bits per heavy atom. The summed E-state index contributed by atoms with van der Waals surface area (Å²) in [6.07, 6.45) is -3.89. The van der Waals surface area contributed by atoms with Gasteiger partial charge in [0, 0.05) is 24.2 Å². The highest BCUT2D eigenvalue weighted by Crippen LogP contribution is 2.22. The zero-order valence-corrected chi connectivity index (χ0v) is 13.1. The molecule has 0 radical (unpaired) electrons. The minimum absolute atomic E-state index is 0.140. The van der Waals surface area contributed by atoms with Crippen molar-refractivity contribution in [3.63, 3.8) is 0 Å². The van der Waals surface area contributed by atoms with Gasteiger partial charge in [-0.1, -0.05) is 19.0 Å². The summed E-state index contributed by atoms with van der Waals surface area (Å²) in [5, 5.41) is 6.81. The summed E-state index contributed by atoms with van der Waals surface area (Å²) in [7, 11) is 0. The van der Waals surface area contributed by atoms with Gasteiger partial charge in [-0.15, -0.1) is 0 Å². The SMILES string of the molecule is CC(C)c1noc([C@H](C)Nc2nccc(CCC(F)(F)F)n2)n1. The van der Waals surface area contributed by atoms with E-state index < -0.39 is 12.6 Å². The predicted octanol–water partition coefficient (Wildman–Crippen LogP) is 3.65. The molecular weight excluding hydrogens is 311 g/mol. The van der Waals surface area contributed by atoms with Crippen LogP contribution in [-0.4, -0.2) is 26.3 Å². The van der Waals surface area contributed by atoms with Crippen LogP contribution in [0.25, 0.3) is 0 Å². The second-order valence-corrected chi connectivity index (χ2v) is 5.50. The Hall–Kier alpha value is -2.19. The van der Waals surface area contributed by atoms with E-state index >= 15 is 0 Å². The molecule has 2 heterocycles. The maximum atomic E-state index is 12.3. The monoisotopic (exact) mass is 329 g/mol. The third-order valence-electron chi connectivity index (χ3n) is 3.07. The molecule has 0 saturated heterocycles. The van der Waals surface area contributed by atoms with Gasteiger partial charge < -0.3 is 9.84 Å². The molecule has 9 heteroatoms. The topological polar surface area (TPSA) is 76.7 Å². The molecule has 6 nitrogen and oxygen atoms in total. The molecule has 0 saturated carbocycles. The van der Waals surface area contributed by atoms with Crippen LogP contribution < -0.4 is 5.32 Å². The van der Waals surface area contributed by atoms with Crippen molar-refractivity contribution >= 4 is 5.95 Å². The van der Waals surface area contributed by atoms with E-state index in [4.69, 9.17) is 4.52 Å². The van der Waals surface area contributed by atoms with Crippen LogP contribution in [0.2, 0.25) is 0 Å².